The fourth-order valence-corrected chi connectivity index (χ4v) is 1.21. The number of hydrogen-bond donors (Lipinski definition) is 2. The first kappa shape index (κ1) is 10.3. The van der Waals surface area contributed by atoms with Gasteiger partial charge >= 0.3 is 0 Å². The summed E-state index contributed by atoms with van der Waals surface area (Å²) in [5, 5.41) is 9.36. The Morgan fingerprint density at radius 3 is 2.85 bits per heavy atom. The van der Waals surface area contributed by atoms with Gasteiger partial charge in [0.05, 0.1) is 24.8 Å². The summed E-state index contributed by atoms with van der Waals surface area (Å²) in [7, 11) is 1.54. The van der Waals surface area contributed by atoms with E-state index in [0.29, 0.717) is 10.8 Å². The van der Waals surface area contributed by atoms with Gasteiger partial charge in [-0.15, -0.1) is 0 Å². The summed E-state index contributed by atoms with van der Waals surface area (Å²) in [6.07, 6.45) is 0. The van der Waals surface area contributed by atoms with Gasteiger partial charge in [0.15, 0.2) is 0 Å². The summed E-state index contributed by atoms with van der Waals surface area (Å²) in [6.45, 7) is -0.0925. The first-order valence-electron chi connectivity index (χ1n) is 3.89. The highest BCUT2D eigenvalue weighted by Gasteiger charge is 2.07. The van der Waals surface area contributed by atoms with E-state index in [4.69, 9.17) is 27.2 Å². The van der Waals surface area contributed by atoms with Crippen LogP contribution in [0.1, 0.15) is 11.6 Å². The molecule has 0 aliphatic carbocycles. The quantitative estimate of drug-likeness (QED) is 0.776. The Hall–Kier alpha value is -0.770. The monoisotopic (exact) mass is 201 g/mol. The number of aliphatic hydroxyl groups is 1. The highest BCUT2D eigenvalue weighted by molar-refractivity contribution is 6.32. The lowest BCUT2D eigenvalue weighted by atomic mass is 10.1. The van der Waals surface area contributed by atoms with Gasteiger partial charge in [-0.25, -0.2) is 0 Å². The van der Waals surface area contributed by atoms with E-state index in [1.54, 1.807) is 18.2 Å². The van der Waals surface area contributed by atoms with Crippen LogP contribution >= 0.6 is 11.6 Å². The summed E-state index contributed by atoms with van der Waals surface area (Å²) in [4.78, 5) is 0. The minimum absolute atomic E-state index is 0.0925. The fraction of sp³-hybridized carbons (Fsp3) is 0.333. The molecule has 0 heterocycles. The van der Waals surface area contributed by atoms with Gasteiger partial charge in [-0.2, -0.15) is 0 Å². The predicted octanol–water partition coefficient (Wildman–Crippen LogP) is 1.34. The molecule has 1 atom stereocenters. The van der Waals surface area contributed by atoms with Gasteiger partial charge in [-0.05, 0) is 17.7 Å². The Labute approximate surface area is 82.1 Å². The lowest BCUT2D eigenvalue weighted by Gasteiger charge is -2.10. The molecule has 72 valence electrons. The summed E-state index contributed by atoms with van der Waals surface area (Å²) in [5.74, 6) is 0.572. The average molecular weight is 202 g/mol. The average Bonchev–Trinajstić information content (AvgIpc) is 2.17. The van der Waals surface area contributed by atoms with Crippen LogP contribution in [-0.4, -0.2) is 18.8 Å². The van der Waals surface area contributed by atoms with Gasteiger partial charge in [0.1, 0.15) is 5.75 Å². The maximum Gasteiger partial charge on any atom is 0.137 e. The van der Waals surface area contributed by atoms with Crippen molar-refractivity contribution >= 4 is 11.6 Å². The van der Waals surface area contributed by atoms with Gasteiger partial charge in [0.2, 0.25) is 0 Å². The fourth-order valence-electron chi connectivity index (χ4n) is 1.01. The van der Waals surface area contributed by atoms with Crippen molar-refractivity contribution in [1.29, 1.82) is 0 Å². The van der Waals surface area contributed by atoms with Gasteiger partial charge in [-0.3, -0.25) is 0 Å². The second-order valence-corrected chi connectivity index (χ2v) is 3.09. The zero-order valence-electron chi connectivity index (χ0n) is 7.33. The molecule has 0 radical (unpaired) electrons. The lowest BCUT2D eigenvalue weighted by Crippen LogP contribution is -2.14. The van der Waals surface area contributed by atoms with E-state index >= 15 is 0 Å². The second-order valence-electron chi connectivity index (χ2n) is 2.68. The maximum absolute atomic E-state index is 8.82. The SMILES string of the molecule is COc1cc([C@@H](N)CO)ccc1Cl. The van der Waals surface area contributed by atoms with Crippen molar-refractivity contribution in [2.45, 2.75) is 6.04 Å². The number of methoxy groups -OCH3 is 1. The molecule has 1 aromatic rings. The minimum atomic E-state index is -0.383. The van der Waals surface area contributed by atoms with Crippen molar-refractivity contribution < 1.29 is 9.84 Å². The Bertz CT molecular complexity index is 291. The molecule has 1 rings (SSSR count). The van der Waals surface area contributed by atoms with Crippen molar-refractivity contribution in [3.8, 4) is 5.75 Å². The zero-order valence-corrected chi connectivity index (χ0v) is 8.08. The lowest BCUT2D eigenvalue weighted by molar-refractivity contribution is 0.267. The summed E-state index contributed by atoms with van der Waals surface area (Å²) >= 11 is 5.82. The van der Waals surface area contributed by atoms with Crippen LogP contribution in [0, 0.1) is 0 Å². The molecule has 0 unspecified atom stereocenters. The Morgan fingerprint density at radius 2 is 2.31 bits per heavy atom. The van der Waals surface area contributed by atoms with Crippen molar-refractivity contribution in [1.82, 2.24) is 0 Å². The summed E-state index contributed by atoms with van der Waals surface area (Å²) in [6, 6.07) is 4.81. The molecule has 0 fully saturated rings. The van der Waals surface area contributed by atoms with Crippen molar-refractivity contribution in [3.05, 3.63) is 28.8 Å². The number of halogens is 1. The molecule has 0 saturated carbocycles. The molecule has 0 spiro atoms. The molecule has 3 N–H and O–H groups in total. The third-order valence-electron chi connectivity index (χ3n) is 1.80. The third-order valence-corrected chi connectivity index (χ3v) is 2.11. The molecule has 0 aliphatic heterocycles. The molecule has 0 aromatic heterocycles. The van der Waals surface area contributed by atoms with E-state index in [-0.39, 0.29) is 12.6 Å². The molecule has 3 nitrogen and oxygen atoms in total. The Balaban J connectivity index is 2.99. The van der Waals surface area contributed by atoms with Crippen molar-refractivity contribution in [3.63, 3.8) is 0 Å². The van der Waals surface area contributed by atoms with Crippen LogP contribution < -0.4 is 10.5 Å². The highest BCUT2D eigenvalue weighted by atomic mass is 35.5. The van der Waals surface area contributed by atoms with Crippen LogP contribution in [-0.2, 0) is 0 Å². The van der Waals surface area contributed by atoms with Gasteiger partial charge < -0.3 is 15.6 Å². The predicted molar refractivity (Wildman–Crippen MR) is 52.0 cm³/mol. The summed E-state index contributed by atoms with van der Waals surface area (Å²) in [5.41, 5.74) is 6.43. The Morgan fingerprint density at radius 1 is 1.62 bits per heavy atom. The van der Waals surface area contributed by atoms with E-state index in [9.17, 15) is 0 Å². The number of aliphatic hydroxyl groups excluding tert-OH is 1. The molecule has 0 bridgehead atoms. The first-order valence-corrected chi connectivity index (χ1v) is 4.26. The number of ether oxygens (including phenoxy) is 1. The molecule has 4 heteroatoms. The smallest absolute Gasteiger partial charge is 0.137 e. The molecule has 0 aliphatic rings. The van der Waals surface area contributed by atoms with Crippen LogP contribution in [0.3, 0.4) is 0 Å². The maximum atomic E-state index is 8.82. The third kappa shape index (κ3) is 2.34. The topological polar surface area (TPSA) is 55.5 Å². The molecule has 0 amide bonds. The minimum Gasteiger partial charge on any atom is -0.495 e. The van der Waals surface area contributed by atoms with E-state index in [2.05, 4.69) is 0 Å². The number of hydrogen-bond acceptors (Lipinski definition) is 3. The standard InChI is InChI=1S/C9H12ClNO2/c1-13-9-4-6(8(11)5-12)2-3-7(9)10/h2-4,8,12H,5,11H2,1H3/t8-/m0/s1. The molecule has 13 heavy (non-hydrogen) atoms. The van der Waals surface area contributed by atoms with Gasteiger partial charge in [0.25, 0.3) is 0 Å². The van der Waals surface area contributed by atoms with E-state index in [1.165, 1.54) is 7.11 Å². The van der Waals surface area contributed by atoms with E-state index < -0.39 is 0 Å². The number of nitrogens with two attached hydrogens (primary N) is 1. The summed E-state index contributed by atoms with van der Waals surface area (Å²) < 4.78 is 5.01. The van der Waals surface area contributed by atoms with Gasteiger partial charge in [-0.1, -0.05) is 17.7 Å². The zero-order chi connectivity index (χ0) is 9.84. The molecule has 1 aromatic carbocycles. The second kappa shape index (κ2) is 4.46. The van der Waals surface area contributed by atoms with Crippen molar-refractivity contribution in [2.24, 2.45) is 5.73 Å². The van der Waals surface area contributed by atoms with Crippen LogP contribution in [0.4, 0.5) is 0 Å². The van der Waals surface area contributed by atoms with E-state index in [0.717, 1.165) is 5.56 Å². The van der Waals surface area contributed by atoms with Crippen LogP contribution in [0.5, 0.6) is 5.75 Å². The van der Waals surface area contributed by atoms with Crippen LogP contribution in [0.25, 0.3) is 0 Å². The largest absolute Gasteiger partial charge is 0.495 e. The van der Waals surface area contributed by atoms with Gasteiger partial charge in [0, 0.05) is 0 Å². The highest BCUT2D eigenvalue weighted by Crippen LogP contribution is 2.26. The molecular formula is C9H12ClNO2. The molecule has 0 saturated heterocycles. The van der Waals surface area contributed by atoms with Crippen LogP contribution in [0.15, 0.2) is 18.2 Å². The Kier molecular flexibility index (Phi) is 3.54. The first-order chi connectivity index (χ1) is 6.19. The van der Waals surface area contributed by atoms with E-state index in [1.807, 2.05) is 0 Å². The normalized spacial score (nSPS) is 12.6. The molecular weight excluding hydrogens is 190 g/mol. The van der Waals surface area contributed by atoms with Crippen LogP contribution in [0.2, 0.25) is 5.02 Å². The number of benzene rings is 1. The van der Waals surface area contributed by atoms with Crippen molar-refractivity contribution in [2.75, 3.05) is 13.7 Å². The number of rotatable bonds is 3.